The standard InChI is InChI=1S/C19H23Cl2N3O3/c1-12-5-8-19(9-6-12)17(26)24(18(27)23-19)11-15(25)22-10-7-13-3-2-4-14(20)16(13)21/h2-4,12H,5-11H2,1H3,(H,22,25)(H,23,27). The van der Waals surface area contributed by atoms with E-state index in [-0.39, 0.29) is 18.4 Å². The van der Waals surface area contributed by atoms with Crippen LogP contribution in [0.4, 0.5) is 4.79 Å². The molecule has 1 aliphatic carbocycles. The molecule has 6 nitrogen and oxygen atoms in total. The number of benzene rings is 1. The van der Waals surface area contributed by atoms with E-state index in [1.54, 1.807) is 12.1 Å². The number of rotatable bonds is 5. The zero-order valence-corrected chi connectivity index (χ0v) is 16.7. The minimum atomic E-state index is -0.821. The van der Waals surface area contributed by atoms with Crippen LogP contribution in [0, 0.1) is 5.92 Å². The molecule has 2 fully saturated rings. The average molecular weight is 412 g/mol. The van der Waals surface area contributed by atoms with Crippen LogP contribution in [0.25, 0.3) is 0 Å². The van der Waals surface area contributed by atoms with Gasteiger partial charge < -0.3 is 10.6 Å². The number of hydrogen-bond donors (Lipinski definition) is 2. The van der Waals surface area contributed by atoms with Crippen LogP contribution in [0.2, 0.25) is 10.0 Å². The Morgan fingerprint density at radius 3 is 2.70 bits per heavy atom. The molecular weight excluding hydrogens is 389 g/mol. The van der Waals surface area contributed by atoms with Crippen LogP contribution in [0.1, 0.15) is 38.2 Å². The molecule has 27 heavy (non-hydrogen) atoms. The van der Waals surface area contributed by atoms with E-state index in [0.29, 0.717) is 41.8 Å². The summed E-state index contributed by atoms with van der Waals surface area (Å²) in [6.07, 6.45) is 3.56. The molecule has 4 amide bonds. The second-order valence-corrected chi connectivity index (χ2v) is 8.18. The van der Waals surface area contributed by atoms with Crippen molar-refractivity contribution in [1.82, 2.24) is 15.5 Å². The van der Waals surface area contributed by atoms with E-state index in [4.69, 9.17) is 23.2 Å². The Morgan fingerprint density at radius 2 is 2.00 bits per heavy atom. The number of amides is 4. The van der Waals surface area contributed by atoms with Crippen molar-refractivity contribution in [3.05, 3.63) is 33.8 Å². The van der Waals surface area contributed by atoms with Crippen LogP contribution in [0.3, 0.4) is 0 Å². The first-order chi connectivity index (χ1) is 12.8. The van der Waals surface area contributed by atoms with Crippen molar-refractivity contribution < 1.29 is 14.4 Å². The van der Waals surface area contributed by atoms with Gasteiger partial charge in [-0.3, -0.25) is 14.5 Å². The Labute approximate surface area is 168 Å². The van der Waals surface area contributed by atoms with Gasteiger partial charge in [-0.15, -0.1) is 0 Å². The van der Waals surface area contributed by atoms with Crippen LogP contribution in [-0.2, 0) is 16.0 Å². The Balaban J connectivity index is 1.52. The zero-order chi connectivity index (χ0) is 19.6. The molecule has 1 aliphatic heterocycles. The molecule has 2 N–H and O–H groups in total. The van der Waals surface area contributed by atoms with Crippen molar-refractivity contribution in [3.63, 3.8) is 0 Å². The summed E-state index contributed by atoms with van der Waals surface area (Å²) in [5.74, 6) is -0.110. The summed E-state index contributed by atoms with van der Waals surface area (Å²) >= 11 is 12.1. The largest absolute Gasteiger partial charge is 0.354 e. The Kier molecular flexibility index (Phi) is 5.96. The van der Waals surface area contributed by atoms with Gasteiger partial charge in [0.2, 0.25) is 5.91 Å². The van der Waals surface area contributed by atoms with Gasteiger partial charge in [-0.1, -0.05) is 42.3 Å². The highest BCUT2D eigenvalue weighted by molar-refractivity contribution is 6.42. The Morgan fingerprint density at radius 1 is 1.30 bits per heavy atom. The summed E-state index contributed by atoms with van der Waals surface area (Å²) in [7, 11) is 0. The molecule has 1 saturated heterocycles. The SMILES string of the molecule is CC1CCC2(CC1)NC(=O)N(CC(=O)NCCc1cccc(Cl)c1Cl)C2=O. The summed E-state index contributed by atoms with van der Waals surface area (Å²) in [5.41, 5.74) is 0.00722. The molecule has 1 aromatic carbocycles. The van der Waals surface area contributed by atoms with E-state index in [0.717, 1.165) is 23.3 Å². The third kappa shape index (κ3) is 4.22. The third-order valence-corrected chi connectivity index (χ3v) is 6.28. The van der Waals surface area contributed by atoms with Crippen LogP contribution in [-0.4, -0.2) is 41.4 Å². The van der Waals surface area contributed by atoms with E-state index in [2.05, 4.69) is 17.6 Å². The fraction of sp³-hybridized carbons (Fsp3) is 0.526. The number of halogens is 2. The summed E-state index contributed by atoms with van der Waals surface area (Å²) in [6, 6.07) is 4.85. The molecular formula is C19H23Cl2N3O3. The normalized spacial score (nSPS) is 25.0. The molecule has 0 aromatic heterocycles. The van der Waals surface area contributed by atoms with Crippen molar-refractivity contribution in [2.24, 2.45) is 5.92 Å². The highest BCUT2D eigenvalue weighted by atomic mass is 35.5. The van der Waals surface area contributed by atoms with Gasteiger partial charge in [-0.25, -0.2) is 4.79 Å². The van der Waals surface area contributed by atoms with Crippen LogP contribution in [0.5, 0.6) is 0 Å². The molecule has 3 rings (SSSR count). The van der Waals surface area contributed by atoms with Gasteiger partial charge in [-0.05, 0) is 49.7 Å². The fourth-order valence-corrected chi connectivity index (χ4v) is 4.11. The molecule has 0 bridgehead atoms. The van der Waals surface area contributed by atoms with E-state index in [9.17, 15) is 14.4 Å². The zero-order valence-electron chi connectivity index (χ0n) is 15.2. The van der Waals surface area contributed by atoms with Gasteiger partial charge in [0.1, 0.15) is 12.1 Å². The van der Waals surface area contributed by atoms with Crippen molar-refractivity contribution in [3.8, 4) is 0 Å². The molecule has 1 spiro atoms. The van der Waals surface area contributed by atoms with Gasteiger partial charge in [0, 0.05) is 6.54 Å². The number of carbonyl (C=O) groups excluding carboxylic acids is 3. The van der Waals surface area contributed by atoms with Crippen LogP contribution >= 0.6 is 23.2 Å². The van der Waals surface area contributed by atoms with Crippen molar-refractivity contribution in [2.75, 3.05) is 13.1 Å². The topological polar surface area (TPSA) is 78.5 Å². The summed E-state index contributed by atoms with van der Waals surface area (Å²) in [5, 5.41) is 6.48. The van der Waals surface area contributed by atoms with E-state index < -0.39 is 11.6 Å². The second-order valence-electron chi connectivity index (χ2n) is 7.40. The predicted octanol–water partition coefficient (Wildman–Crippen LogP) is 3.15. The monoisotopic (exact) mass is 411 g/mol. The average Bonchev–Trinajstić information content (AvgIpc) is 2.86. The number of imide groups is 1. The van der Waals surface area contributed by atoms with Gasteiger partial charge in [-0.2, -0.15) is 0 Å². The quantitative estimate of drug-likeness (QED) is 0.730. The number of nitrogens with one attached hydrogen (secondary N) is 2. The lowest BCUT2D eigenvalue weighted by Gasteiger charge is -2.33. The highest BCUT2D eigenvalue weighted by Gasteiger charge is 2.52. The molecule has 1 heterocycles. The molecule has 0 radical (unpaired) electrons. The van der Waals surface area contributed by atoms with Crippen molar-refractivity contribution in [1.29, 1.82) is 0 Å². The highest BCUT2D eigenvalue weighted by Crippen LogP contribution is 2.36. The first-order valence-corrected chi connectivity index (χ1v) is 9.92. The van der Waals surface area contributed by atoms with Gasteiger partial charge >= 0.3 is 6.03 Å². The molecule has 0 atom stereocenters. The summed E-state index contributed by atoms with van der Waals surface area (Å²) in [6.45, 7) is 2.21. The second kappa shape index (κ2) is 8.07. The van der Waals surface area contributed by atoms with Crippen LogP contribution < -0.4 is 10.6 Å². The van der Waals surface area contributed by atoms with Crippen LogP contribution in [0.15, 0.2) is 18.2 Å². The van der Waals surface area contributed by atoms with Gasteiger partial charge in [0.15, 0.2) is 0 Å². The molecule has 146 valence electrons. The fourth-order valence-electron chi connectivity index (χ4n) is 3.69. The number of carbonyl (C=O) groups is 3. The minimum Gasteiger partial charge on any atom is -0.354 e. The van der Waals surface area contributed by atoms with Gasteiger partial charge in [0.25, 0.3) is 5.91 Å². The Bertz CT molecular complexity index is 761. The smallest absolute Gasteiger partial charge is 0.325 e. The molecule has 1 aromatic rings. The maximum absolute atomic E-state index is 12.7. The molecule has 8 heteroatoms. The lowest BCUT2D eigenvalue weighted by Crippen LogP contribution is -2.50. The lowest BCUT2D eigenvalue weighted by molar-refractivity contribution is -0.136. The molecule has 2 aliphatic rings. The predicted molar refractivity (Wildman–Crippen MR) is 104 cm³/mol. The van der Waals surface area contributed by atoms with E-state index >= 15 is 0 Å². The van der Waals surface area contributed by atoms with Crippen molar-refractivity contribution in [2.45, 2.75) is 44.6 Å². The summed E-state index contributed by atoms with van der Waals surface area (Å²) < 4.78 is 0. The lowest BCUT2D eigenvalue weighted by atomic mass is 9.77. The number of hydrogen-bond acceptors (Lipinski definition) is 3. The first-order valence-electron chi connectivity index (χ1n) is 9.16. The first kappa shape index (κ1) is 20.0. The molecule has 1 saturated carbocycles. The minimum absolute atomic E-state index is 0.273. The third-order valence-electron chi connectivity index (χ3n) is 5.42. The van der Waals surface area contributed by atoms with Crippen molar-refractivity contribution >= 4 is 41.0 Å². The van der Waals surface area contributed by atoms with E-state index in [1.165, 1.54) is 0 Å². The van der Waals surface area contributed by atoms with Gasteiger partial charge in [0.05, 0.1) is 10.0 Å². The number of nitrogens with zero attached hydrogens (tertiary/aromatic N) is 1. The van der Waals surface area contributed by atoms with E-state index in [1.807, 2.05) is 6.07 Å². The Hall–Kier alpha value is -1.79. The number of urea groups is 1. The maximum atomic E-state index is 12.7. The maximum Gasteiger partial charge on any atom is 0.325 e. The molecule has 0 unspecified atom stereocenters. The summed E-state index contributed by atoms with van der Waals surface area (Å²) in [4.78, 5) is 38.2.